The molecule has 11 heteroatoms. The molecule has 3 heterocycles. The number of methoxy groups -OCH3 is 1. The number of halogens is 2. The number of carbonyl (C=O) groups is 3. The number of furan rings is 1. The highest BCUT2D eigenvalue weighted by molar-refractivity contribution is 6.35. The predicted molar refractivity (Wildman–Crippen MR) is 168 cm³/mol. The topological polar surface area (TPSA) is 107 Å². The van der Waals surface area contributed by atoms with E-state index in [9.17, 15) is 14.4 Å². The van der Waals surface area contributed by atoms with Gasteiger partial charge >= 0.3 is 5.97 Å². The lowest BCUT2D eigenvalue weighted by Gasteiger charge is -2.51. The number of ether oxygens (including phenoxy) is 3. The minimum Gasteiger partial charge on any atom is -0.468 e. The molecule has 0 unspecified atom stereocenters. The zero-order valence-corrected chi connectivity index (χ0v) is 26.9. The van der Waals surface area contributed by atoms with Gasteiger partial charge < -0.3 is 28.8 Å². The molecule has 3 aromatic rings. The van der Waals surface area contributed by atoms with Crippen molar-refractivity contribution in [2.75, 3.05) is 13.7 Å². The molecule has 0 spiro atoms. The third kappa shape index (κ3) is 7.28. The van der Waals surface area contributed by atoms with Crippen LogP contribution in [0.2, 0.25) is 10.0 Å². The van der Waals surface area contributed by atoms with Gasteiger partial charge in [0.15, 0.2) is 0 Å². The first-order valence-corrected chi connectivity index (χ1v) is 15.5. The number of amides is 2. The second-order valence-electron chi connectivity index (χ2n) is 11.4. The third-order valence-corrected chi connectivity index (χ3v) is 8.91. The van der Waals surface area contributed by atoms with Crippen LogP contribution in [0.4, 0.5) is 0 Å². The molecular formula is C34H36Cl2N2O7. The fourth-order valence-electron chi connectivity index (χ4n) is 6.06. The molecule has 2 aliphatic rings. The Balaban J connectivity index is 1.45. The maximum Gasteiger partial charge on any atom is 0.320 e. The molecule has 5 rings (SSSR count). The molecule has 9 nitrogen and oxygen atoms in total. The van der Waals surface area contributed by atoms with Crippen LogP contribution in [0.25, 0.3) is 0 Å². The fourth-order valence-corrected chi connectivity index (χ4v) is 6.53. The third-order valence-electron chi connectivity index (χ3n) is 8.32. The van der Waals surface area contributed by atoms with Crippen LogP contribution in [0.3, 0.4) is 0 Å². The van der Waals surface area contributed by atoms with E-state index in [0.717, 1.165) is 11.3 Å². The monoisotopic (exact) mass is 654 g/mol. The molecule has 2 amide bonds. The van der Waals surface area contributed by atoms with Gasteiger partial charge in [0, 0.05) is 28.1 Å². The van der Waals surface area contributed by atoms with Gasteiger partial charge in [0.05, 0.1) is 39.5 Å². The van der Waals surface area contributed by atoms with Gasteiger partial charge in [0.1, 0.15) is 23.0 Å². The molecule has 1 aromatic heterocycles. The van der Waals surface area contributed by atoms with Crippen LogP contribution in [0, 0.1) is 18.3 Å². The lowest BCUT2D eigenvalue weighted by atomic mass is 9.66. The normalized spacial score (nSPS) is 22.9. The van der Waals surface area contributed by atoms with Gasteiger partial charge in [0.2, 0.25) is 11.8 Å². The molecule has 1 fully saturated rings. The first-order valence-electron chi connectivity index (χ1n) is 14.8. The van der Waals surface area contributed by atoms with Crippen LogP contribution in [0.5, 0.6) is 0 Å². The van der Waals surface area contributed by atoms with Crippen molar-refractivity contribution in [2.45, 2.75) is 58.6 Å². The van der Waals surface area contributed by atoms with Gasteiger partial charge in [0.25, 0.3) is 0 Å². The molecule has 1 saturated heterocycles. The van der Waals surface area contributed by atoms with Crippen molar-refractivity contribution in [3.05, 3.63) is 105 Å². The van der Waals surface area contributed by atoms with Gasteiger partial charge in [-0.3, -0.25) is 14.4 Å². The summed E-state index contributed by atoms with van der Waals surface area (Å²) in [6.07, 6.45) is 0.388. The van der Waals surface area contributed by atoms with Crippen molar-refractivity contribution in [1.82, 2.24) is 10.2 Å². The van der Waals surface area contributed by atoms with Crippen molar-refractivity contribution in [2.24, 2.45) is 11.3 Å². The van der Waals surface area contributed by atoms with E-state index in [1.54, 1.807) is 37.3 Å². The van der Waals surface area contributed by atoms with Crippen LogP contribution in [0.15, 0.2) is 76.9 Å². The number of nitrogens with zero attached hydrogens (tertiary/aromatic N) is 1. The Morgan fingerprint density at radius 3 is 2.58 bits per heavy atom. The van der Waals surface area contributed by atoms with E-state index in [1.165, 1.54) is 12.0 Å². The van der Waals surface area contributed by atoms with E-state index in [1.807, 2.05) is 43.3 Å². The van der Waals surface area contributed by atoms with E-state index in [4.69, 9.17) is 41.8 Å². The zero-order valence-electron chi connectivity index (χ0n) is 25.4. The van der Waals surface area contributed by atoms with E-state index < -0.39 is 29.5 Å². The highest BCUT2D eigenvalue weighted by atomic mass is 35.5. The Labute approximate surface area is 272 Å². The molecular weight excluding hydrogens is 619 g/mol. The average Bonchev–Trinajstić information content (AvgIpc) is 3.44. The summed E-state index contributed by atoms with van der Waals surface area (Å²) < 4.78 is 23.2. The first kappa shape index (κ1) is 32.8. The first-order chi connectivity index (χ1) is 21.6. The number of piperidine rings is 1. The Hall–Kier alpha value is -3.63. The highest BCUT2D eigenvalue weighted by Crippen LogP contribution is 2.51. The smallest absolute Gasteiger partial charge is 0.320 e. The predicted octanol–water partition coefficient (Wildman–Crippen LogP) is 6.00. The van der Waals surface area contributed by atoms with Crippen LogP contribution in [-0.4, -0.2) is 48.6 Å². The second-order valence-corrected chi connectivity index (χ2v) is 12.2. The number of carbonyl (C=O) groups excluding carboxylic acids is 3. The fraction of sp³-hybridized carbons (Fsp3) is 0.382. The largest absolute Gasteiger partial charge is 0.468 e. The van der Waals surface area contributed by atoms with E-state index >= 15 is 0 Å². The summed E-state index contributed by atoms with van der Waals surface area (Å²) in [5, 5.41) is 3.65. The summed E-state index contributed by atoms with van der Waals surface area (Å²) in [6.45, 7) is 4.40. The number of aryl methyl sites for hydroxylation is 1. The summed E-state index contributed by atoms with van der Waals surface area (Å²) in [4.78, 5) is 42.6. The van der Waals surface area contributed by atoms with Gasteiger partial charge in [-0.15, -0.1) is 0 Å². The molecule has 238 valence electrons. The van der Waals surface area contributed by atoms with Crippen LogP contribution >= 0.6 is 23.2 Å². The van der Waals surface area contributed by atoms with Crippen LogP contribution in [-0.2, 0) is 48.3 Å². The number of hydrogen-bond acceptors (Lipinski definition) is 7. The minimum absolute atomic E-state index is 0.0290. The number of fused-ring (bicyclic) bond motifs is 1. The summed E-state index contributed by atoms with van der Waals surface area (Å²) in [5.41, 5.74) is 0.720. The molecule has 0 bridgehead atoms. The lowest BCUT2D eigenvalue weighted by Crippen LogP contribution is -2.60. The number of likely N-dealkylation sites (tertiary alicyclic amines) is 1. The highest BCUT2D eigenvalue weighted by Gasteiger charge is 2.59. The van der Waals surface area contributed by atoms with Crippen molar-refractivity contribution in [1.29, 1.82) is 0 Å². The SMILES string of the molecule is COC(=O)[C@@]12C[C@H](CC(=O)NCc3ccc(C)o3)C(=O)N(Cc3ccc(Cl)cc3Cl)C1=C[C@@H](COCc1ccccc1)O[C@H]2C. The summed E-state index contributed by atoms with van der Waals surface area (Å²) in [6, 6.07) is 18.4. The zero-order chi connectivity index (χ0) is 32.1. The Bertz CT molecular complexity index is 1570. The average molecular weight is 656 g/mol. The number of rotatable bonds is 11. The molecule has 2 aromatic carbocycles. The van der Waals surface area contributed by atoms with Crippen molar-refractivity contribution in [3.63, 3.8) is 0 Å². The van der Waals surface area contributed by atoms with Gasteiger partial charge in [-0.1, -0.05) is 59.6 Å². The second kappa shape index (κ2) is 14.2. The van der Waals surface area contributed by atoms with E-state index in [-0.39, 0.29) is 44.4 Å². The molecule has 0 radical (unpaired) electrons. The molecule has 2 aliphatic heterocycles. The number of benzene rings is 2. The number of esters is 1. The Kier molecular flexibility index (Phi) is 10.3. The Morgan fingerprint density at radius 1 is 1.11 bits per heavy atom. The van der Waals surface area contributed by atoms with Crippen molar-refractivity contribution in [3.8, 4) is 0 Å². The van der Waals surface area contributed by atoms with Gasteiger partial charge in [-0.05, 0) is 61.7 Å². The van der Waals surface area contributed by atoms with Crippen molar-refractivity contribution < 1.29 is 33.0 Å². The lowest BCUT2D eigenvalue weighted by molar-refractivity contribution is -0.178. The number of nitrogens with one attached hydrogen (secondary N) is 1. The molecule has 1 N–H and O–H groups in total. The maximum atomic E-state index is 14.2. The van der Waals surface area contributed by atoms with E-state index in [2.05, 4.69) is 5.32 Å². The molecule has 0 saturated carbocycles. The summed E-state index contributed by atoms with van der Waals surface area (Å²) in [7, 11) is 1.31. The number of hydrogen-bond donors (Lipinski definition) is 1. The molecule has 4 atom stereocenters. The molecule has 45 heavy (non-hydrogen) atoms. The minimum atomic E-state index is -1.36. The summed E-state index contributed by atoms with van der Waals surface area (Å²) in [5.74, 6) is -0.734. The summed E-state index contributed by atoms with van der Waals surface area (Å²) >= 11 is 12.7. The molecule has 0 aliphatic carbocycles. The van der Waals surface area contributed by atoms with Crippen LogP contribution < -0.4 is 5.32 Å². The standard InChI is InChI=1S/C34H36Cl2N2O7/c1-21-9-12-27(44-21)17-37-31(39)13-25-16-34(33(41)42-3)22(2)45-28(20-43-19-23-7-5-4-6-8-23)15-30(34)38(32(25)40)18-24-10-11-26(35)14-29(24)36/h4-12,14-15,22,25,28H,13,16-20H2,1-3H3,(H,37,39)/t22-,25-,28-,34+/m0/s1. The quantitative estimate of drug-likeness (QED) is 0.253. The van der Waals surface area contributed by atoms with E-state index in [0.29, 0.717) is 33.7 Å². The Morgan fingerprint density at radius 2 is 1.89 bits per heavy atom. The van der Waals surface area contributed by atoms with Gasteiger partial charge in [-0.25, -0.2) is 0 Å². The maximum absolute atomic E-state index is 14.2. The van der Waals surface area contributed by atoms with Crippen LogP contribution in [0.1, 0.15) is 42.4 Å². The van der Waals surface area contributed by atoms with Crippen molar-refractivity contribution >= 4 is 41.0 Å². The van der Waals surface area contributed by atoms with Gasteiger partial charge in [-0.2, -0.15) is 0 Å².